The second-order valence-corrected chi connectivity index (χ2v) is 3.29. The van der Waals surface area contributed by atoms with Crippen LogP contribution >= 0.6 is 0 Å². The molecule has 0 aromatic carbocycles. The molecule has 0 aliphatic heterocycles. The van der Waals surface area contributed by atoms with E-state index in [1.807, 2.05) is 31.5 Å². The van der Waals surface area contributed by atoms with Crippen LogP contribution in [-0.2, 0) is 16.7 Å². The molecule has 1 heterocycles. The first-order chi connectivity index (χ1) is 7.02. The maximum absolute atomic E-state index is 10.1. The van der Waals surface area contributed by atoms with Crippen molar-refractivity contribution in [3.63, 3.8) is 0 Å². The van der Waals surface area contributed by atoms with Crippen LogP contribution in [0.3, 0.4) is 0 Å². The van der Waals surface area contributed by atoms with E-state index in [4.69, 9.17) is 5.11 Å². The van der Waals surface area contributed by atoms with E-state index < -0.39 is 12.6 Å². The fourth-order valence-electron chi connectivity index (χ4n) is 1.20. The molecule has 0 atom stereocenters. The molecule has 0 aliphatic carbocycles. The van der Waals surface area contributed by atoms with Crippen molar-refractivity contribution in [1.82, 2.24) is 4.57 Å². The zero-order valence-electron chi connectivity index (χ0n) is 9.02. The van der Waals surface area contributed by atoms with Crippen molar-refractivity contribution in [2.24, 2.45) is 12.2 Å². The minimum Gasteiger partial charge on any atom is -0.479 e. The molecule has 1 aromatic heterocycles. The van der Waals surface area contributed by atoms with Crippen LogP contribution in [0.5, 0.6) is 0 Å². The van der Waals surface area contributed by atoms with Gasteiger partial charge in [0.05, 0.1) is 6.21 Å². The lowest BCUT2D eigenvalue weighted by Gasteiger charge is -1.98. The van der Waals surface area contributed by atoms with Gasteiger partial charge < -0.3 is 14.5 Å². The molecule has 5 nitrogen and oxygen atoms in total. The van der Waals surface area contributed by atoms with Crippen LogP contribution in [-0.4, -0.2) is 28.5 Å². The van der Waals surface area contributed by atoms with Gasteiger partial charge in [-0.1, -0.05) is 5.16 Å². The van der Waals surface area contributed by atoms with Gasteiger partial charge >= 0.3 is 5.97 Å². The number of aryl methyl sites for hydroxylation is 1. The summed E-state index contributed by atoms with van der Waals surface area (Å²) < 4.78 is 2.03. The van der Waals surface area contributed by atoms with Crippen LogP contribution in [0.2, 0.25) is 0 Å². The molecular formula is C10H14N2O3. The molecule has 0 radical (unpaired) electrons. The van der Waals surface area contributed by atoms with Gasteiger partial charge in [0.2, 0.25) is 6.61 Å². The number of rotatable bonds is 4. The molecule has 1 N–H and O–H groups in total. The van der Waals surface area contributed by atoms with Crippen molar-refractivity contribution >= 4 is 12.2 Å². The van der Waals surface area contributed by atoms with Crippen molar-refractivity contribution in [2.75, 3.05) is 6.61 Å². The predicted octanol–water partition coefficient (Wildman–Crippen LogP) is 1.08. The van der Waals surface area contributed by atoms with E-state index in [1.54, 1.807) is 0 Å². The van der Waals surface area contributed by atoms with Gasteiger partial charge in [-0.05, 0) is 19.9 Å². The van der Waals surface area contributed by atoms with Crippen LogP contribution in [0.25, 0.3) is 0 Å². The van der Waals surface area contributed by atoms with E-state index in [0.29, 0.717) is 0 Å². The first-order valence-electron chi connectivity index (χ1n) is 4.52. The normalized spacial score (nSPS) is 10.9. The molecule has 15 heavy (non-hydrogen) atoms. The minimum absolute atomic E-state index is 0.415. The summed E-state index contributed by atoms with van der Waals surface area (Å²) in [6, 6.07) is 1.96. The van der Waals surface area contributed by atoms with Gasteiger partial charge in [0, 0.05) is 24.0 Å². The van der Waals surface area contributed by atoms with Crippen molar-refractivity contribution in [3.8, 4) is 0 Å². The van der Waals surface area contributed by atoms with Crippen LogP contribution in [0.15, 0.2) is 11.2 Å². The summed E-state index contributed by atoms with van der Waals surface area (Å²) in [5, 5.41) is 11.9. The lowest BCUT2D eigenvalue weighted by Crippen LogP contribution is -2.03. The van der Waals surface area contributed by atoms with Gasteiger partial charge in [-0.2, -0.15) is 0 Å². The Morgan fingerprint density at radius 2 is 2.33 bits per heavy atom. The van der Waals surface area contributed by atoms with Gasteiger partial charge in [-0.25, -0.2) is 4.79 Å². The molecule has 0 saturated heterocycles. The fourth-order valence-corrected chi connectivity index (χ4v) is 1.20. The third-order valence-electron chi connectivity index (χ3n) is 2.27. The Kier molecular flexibility index (Phi) is 3.49. The largest absolute Gasteiger partial charge is 0.479 e. The maximum atomic E-state index is 10.1. The summed E-state index contributed by atoms with van der Waals surface area (Å²) in [6.45, 7) is 3.54. The van der Waals surface area contributed by atoms with E-state index in [2.05, 4.69) is 9.99 Å². The van der Waals surface area contributed by atoms with E-state index in [1.165, 1.54) is 6.21 Å². The number of oxime groups is 1. The van der Waals surface area contributed by atoms with E-state index in [0.717, 1.165) is 17.0 Å². The smallest absolute Gasteiger partial charge is 0.344 e. The highest BCUT2D eigenvalue weighted by Crippen LogP contribution is 2.10. The third-order valence-corrected chi connectivity index (χ3v) is 2.27. The summed E-state index contributed by atoms with van der Waals surface area (Å²) in [6.07, 6.45) is 1.52. The standard InChI is InChI=1S/C10H14N2O3/c1-7-4-9(8(2)12(7)3)5-11-15-6-10(13)14/h4-5H,6H2,1-3H3,(H,13,14). The number of nitrogens with zero attached hydrogens (tertiary/aromatic N) is 2. The third kappa shape index (κ3) is 2.83. The van der Waals surface area contributed by atoms with Crippen LogP contribution in [0, 0.1) is 13.8 Å². The van der Waals surface area contributed by atoms with Gasteiger partial charge in [-0.15, -0.1) is 0 Å². The molecule has 0 spiro atoms. The molecule has 5 heteroatoms. The zero-order valence-corrected chi connectivity index (χ0v) is 9.02. The number of carbonyl (C=O) groups is 1. The summed E-state index contributed by atoms with van der Waals surface area (Å²) in [5.74, 6) is -1.03. The van der Waals surface area contributed by atoms with Gasteiger partial charge in [0.1, 0.15) is 0 Å². The first-order valence-corrected chi connectivity index (χ1v) is 4.52. The molecule has 1 aromatic rings. The number of hydrogen-bond donors (Lipinski definition) is 1. The van der Waals surface area contributed by atoms with E-state index in [9.17, 15) is 4.79 Å². The molecule has 82 valence electrons. The Morgan fingerprint density at radius 3 is 2.80 bits per heavy atom. The number of carboxylic acid groups (broad SMARTS) is 1. The lowest BCUT2D eigenvalue weighted by atomic mass is 10.3. The molecule has 0 saturated carbocycles. The maximum Gasteiger partial charge on any atom is 0.344 e. The number of aliphatic carboxylic acids is 1. The lowest BCUT2D eigenvalue weighted by molar-refractivity contribution is -0.142. The monoisotopic (exact) mass is 210 g/mol. The quantitative estimate of drug-likeness (QED) is 0.597. The Labute approximate surface area is 88.0 Å². The molecule has 0 unspecified atom stereocenters. The average molecular weight is 210 g/mol. The summed E-state index contributed by atoms with van der Waals surface area (Å²) >= 11 is 0. The SMILES string of the molecule is Cc1cc(C=NOCC(=O)O)c(C)n1C. The number of aromatic nitrogens is 1. The minimum atomic E-state index is -1.03. The fraction of sp³-hybridized carbons (Fsp3) is 0.400. The Bertz CT molecular complexity index is 394. The summed E-state index contributed by atoms with van der Waals surface area (Å²) in [7, 11) is 1.96. The highest BCUT2D eigenvalue weighted by Gasteiger charge is 2.03. The van der Waals surface area contributed by atoms with Crippen molar-refractivity contribution in [1.29, 1.82) is 0 Å². The average Bonchev–Trinajstić information content (AvgIpc) is 2.41. The molecule has 0 amide bonds. The topological polar surface area (TPSA) is 63.8 Å². The Balaban J connectivity index is 2.64. The first kappa shape index (κ1) is 11.3. The number of carboxylic acids is 1. The number of hydrogen-bond acceptors (Lipinski definition) is 3. The summed E-state index contributed by atoms with van der Waals surface area (Å²) in [5.41, 5.74) is 3.11. The van der Waals surface area contributed by atoms with Crippen molar-refractivity contribution in [2.45, 2.75) is 13.8 Å². The van der Waals surface area contributed by atoms with Gasteiger partial charge in [0.25, 0.3) is 0 Å². The van der Waals surface area contributed by atoms with Crippen LogP contribution in [0.4, 0.5) is 0 Å². The van der Waals surface area contributed by atoms with Gasteiger partial charge in [-0.3, -0.25) is 0 Å². The molecule has 0 aliphatic rings. The molecule has 0 fully saturated rings. The second-order valence-electron chi connectivity index (χ2n) is 3.29. The van der Waals surface area contributed by atoms with Crippen molar-refractivity contribution in [3.05, 3.63) is 23.0 Å². The second kappa shape index (κ2) is 4.63. The van der Waals surface area contributed by atoms with Crippen molar-refractivity contribution < 1.29 is 14.7 Å². The Hall–Kier alpha value is -1.78. The highest BCUT2D eigenvalue weighted by atomic mass is 16.6. The molecule has 1 rings (SSSR count). The Morgan fingerprint density at radius 1 is 1.67 bits per heavy atom. The van der Waals surface area contributed by atoms with Crippen LogP contribution < -0.4 is 0 Å². The molecule has 0 bridgehead atoms. The summed E-state index contributed by atoms with van der Waals surface area (Å²) in [4.78, 5) is 14.7. The van der Waals surface area contributed by atoms with E-state index in [-0.39, 0.29) is 0 Å². The predicted molar refractivity (Wildman–Crippen MR) is 56.1 cm³/mol. The zero-order chi connectivity index (χ0) is 11.4. The highest BCUT2D eigenvalue weighted by molar-refractivity contribution is 5.81. The van der Waals surface area contributed by atoms with Crippen LogP contribution in [0.1, 0.15) is 17.0 Å². The molecular weight excluding hydrogens is 196 g/mol. The van der Waals surface area contributed by atoms with Gasteiger partial charge in [0.15, 0.2) is 0 Å². The van der Waals surface area contributed by atoms with E-state index >= 15 is 0 Å².